The minimum atomic E-state index is 0.349. The van der Waals surface area contributed by atoms with E-state index in [9.17, 15) is 0 Å². The predicted octanol–water partition coefficient (Wildman–Crippen LogP) is 5.29. The van der Waals surface area contributed by atoms with E-state index in [1.807, 2.05) is 13.1 Å². The van der Waals surface area contributed by atoms with Gasteiger partial charge in [0.05, 0.1) is 6.61 Å². The van der Waals surface area contributed by atoms with Crippen LogP contribution in [0, 0.1) is 0 Å². The fourth-order valence-corrected chi connectivity index (χ4v) is 3.39. The summed E-state index contributed by atoms with van der Waals surface area (Å²) in [6, 6.07) is 4.47. The number of benzene rings is 1. The fourth-order valence-electron chi connectivity index (χ4n) is 3.14. The Bertz CT molecular complexity index is 447. The zero-order chi connectivity index (χ0) is 15.1. The maximum absolute atomic E-state index is 6.26. The molecule has 1 aromatic rings. The molecule has 1 aliphatic heterocycles. The first-order valence-corrected chi connectivity index (χ1v) is 8.76. The molecule has 0 saturated carbocycles. The van der Waals surface area contributed by atoms with E-state index in [0.29, 0.717) is 6.04 Å². The van der Waals surface area contributed by atoms with Gasteiger partial charge in [-0.15, -0.1) is 0 Å². The number of ether oxygens (including phenoxy) is 1. The molecule has 0 spiro atoms. The van der Waals surface area contributed by atoms with Crippen LogP contribution in [0.3, 0.4) is 0 Å². The normalized spacial score (nSPS) is 14.8. The first-order chi connectivity index (χ1) is 10.3. The summed E-state index contributed by atoms with van der Waals surface area (Å²) in [7, 11) is 2.03. The van der Waals surface area contributed by atoms with Gasteiger partial charge in [0.2, 0.25) is 0 Å². The van der Waals surface area contributed by atoms with Crippen LogP contribution in [0.2, 0.25) is 5.02 Å². The summed E-state index contributed by atoms with van der Waals surface area (Å²) in [6.07, 6.45) is 10.1. The molecule has 1 unspecified atom stereocenters. The third kappa shape index (κ3) is 4.62. The molecule has 1 heterocycles. The Morgan fingerprint density at radius 1 is 1.19 bits per heavy atom. The molecular formula is C18H28ClNO. The van der Waals surface area contributed by atoms with Crippen LogP contribution in [0.25, 0.3) is 0 Å². The summed E-state index contributed by atoms with van der Waals surface area (Å²) in [6.45, 7) is 3.05. The van der Waals surface area contributed by atoms with E-state index in [0.717, 1.165) is 30.2 Å². The lowest BCUT2D eigenvalue weighted by Gasteiger charge is -2.19. The average molecular weight is 310 g/mol. The number of hydrogen-bond donors (Lipinski definition) is 1. The van der Waals surface area contributed by atoms with E-state index in [4.69, 9.17) is 16.3 Å². The van der Waals surface area contributed by atoms with Crippen molar-refractivity contribution in [2.45, 2.75) is 64.3 Å². The predicted molar refractivity (Wildman–Crippen MR) is 90.4 cm³/mol. The van der Waals surface area contributed by atoms with Gasteiger partial charge in [0, 0.05) is 23.0 Å². The molecule has 2 nitrogen and oxygen atoms in total. The van der Waals surface area contributed by atoms with E-state index in [1.54, 1.807) is 0 Å². The first-order valence-electron chi connectivity index (χ1n) is 8.38. The highest BCUT2D eigenvalue weighted by molar-refractivity contribution is 6.30. The standard InChI is InChI=1S/C18H28ClNO/c1-3-4-5-6-7-8-9-17(20-2)16-13-15(19)12-14-10-11-21-18(14)16/h12-13,17,20H,3-11H2,1-2H3. The third-order valence-corrected chi connectivity index (χ3v) is 4.57. The van der Waals surface area contributed by atoms with Gasteiger partial charge in [0.1, 0.15) is 5.75 Å². The van der Waals surface area contributed by atoms with Crippen LogP contribution in [0.1, 0.15) is 69.0 Å². The Balaban J connectivity index is 1.92. The van der Waals surface area contributed by atoms with Gasteiger partial charge in [-0.25, -0.2) is 0 Å². The minimum absolute atomic E-state index is 0.349. The number of fused-ring (bicyclic) bond motifs is 1. The monoisotopic (exact) mass is 309 g/mol. The summed E-state index contributed by atoms with van der Waals surface area (Å²) in [5.74, 6) is 1.07. The van der Waals surface area contributed by atoms with Crippen molar-refractivity contribution >= 4 is 11.6 Å². The molecule has 0 saturated heterocycles. The topological polar surface area (TPSA) is 21.3 Å². The number of nitrogens with one attached hydrogen (secondary N) is 1. The van der Waals surface area contributed by atoms with Gasteiger partial charge in [-0.3, -0.25) is 0 Å². The Morgan fingerprint density at radius 3 is 2.71 bits per heavy atom. The molecule has 0 aliphatic carbocycles. The quantitative estimate of drug-likeness (QED) is 0.626. The van der Waals surface area contributed by atoms with Crippen LogP contribution < -0.4 is 10.1 Å². The maximum Gasteiger partial charge on any atom is 0.127 e. The van der Waals surface area contributed by atoms with Crippen LogP contribution >= 0.6 is 11.6 Å². The van der Waals surface area contributed by atoms with E-state index < -0.39 is 0 Å². The van der Waals surface area contributed by atoms with Gasteiger partial charge in [0.25, 0.3) is 0 Å². The number of unbranched alkanes of at least 4 members (excludes halogenated alkanes) is 5. The minimum Gasteiger partial charge on any atom is -0.493 e. The van der Waals surface area contributed by atoms with Gasteiger partial charge in [-0.2, -0.15) is 0 Å². The first kappa shape index (κ1) is 16.6. The van der Waals surface area contributed by atoms with Gasteiger partial charge in [-0.05, 0) is 31.2 Å². The van der Waals surface area contributed by atoms with Crippen molar-refractivity contribution in [1.82, 2.24) is 5.32 Å². The molecule has 1 atom stereocenters. The number of hydrogen-bond acceptors (Lipinski definition) is 2. The molecule has 1 N–H and O–H groups in total. The highest BCUT2D eigenvalue weighted by Gasteiger charge is 2.22. The smallest absolute Gasteiger partial charge is 0.127 e. The number of halogens is 1. The van der Waals surface area contributed by atoms with Crippen LogP contribution in [-0.2, 0) is 6.42 Å². The molecule has 1 aliphatic rings. The van der Waals surface area contributed by atoms with Crippen molar-refractivity contribution in [2.75, 3.05) is 13.7 Å². The van der Waals surface area contributed by atoms with Crippen LogP contribution in [0.5, 0.6) is 5.75 Å². The van der Waals surface area contributed by atoms with Crippen LogP contribution in [0.4, 0.5) is 0 Å². The second-order valence-electron chi connectivity index (χ2n) is 5.98. The lowest BCUT2D eigenvalue weighted by Crippen LogP contribution is -2.17. The summed E-state index contributed by atoms with van der Waals surface area (Å²) < 4.78 is 5.83. The molecule has 0 aromatic heterocycles. The average Bonchev–Trinajstić information content (AvgIpc) is 2.94. The SMILES string of the molecule is CCCCCCCCC(NC)c1cc(Cl)cc2c1OCC2. The summed E-state index contributed by atoms with van der Waals surface area (Å²) >= 11 is 6.26. The second kappa shape index (κ2) is 8.65. The van der Waals surface area contributed by atoms with Gasteiger partial charge in [0.15, 0.2) is 0 Å². The van der Waals surface area contributed by atoms with Gasteiger partial charge < -0.3 is 10.1 Å². The molecule has 21 heavy (non-hydrogen) atoms. The lowest BCUT2D eigenvalue weighted by atomic mass is 9.97. The Morgan fingerprint density at radius 2 is 1.95 bits per heavy atom. The highest BCUT2D eigenvalue weighted by atomic mass is 35.5. The number of rotatable bonds is 9. The zero-order valence-electron chi connectivity index (χ0n) is 13.4. The zero-order valence-corrected chi connectivity index (χ0v) is 14.1. The summed E-state index contributed by atoms with van der Waals surface area (Å²) in [5, 5.41) is 4.27. The summed E-state index contributed by atoms with van der Waals surface area (Å²) in [4.78, 5) is 0. The van der Waals surface area contributed by atoms with Crippen molar-refractivity contribution in [3.63, 3.8) is 0 Å². The van der Waals surface area contributed by atoms with Crippen molar-refractivity contribution in [3.05, 3.63) is 28.3 Å². The molecule has 0 fully saturated rings. The van der Waals surface area contributed by atoms with Gasteiger partial charge in [-0.1, -0.05) is 57.0 Å². The van der Waals surface area contributed by atoms with Crippen molar-refractivity contribution in [3.8, 4) is 5.75 Å². The Labute approximate surface area is 134 Å². The molecule has 118 valence electrons. The van der Waals surface area contributed by atoms with E-state index in [-0.39, 0.29) is 0 Å². The van der Waals surface area contributed by atoms with Crippen molar-refractivity contribution in [2.24, 2.45) is 0 Å². The Hall–Kier alpha value is -0.730. The Kier molecular flexibility index (Phi) is 6.85. The van der Waals surface area contributed by atoms with Gasteiger partial charge >= 0.3 is 0 Å². The molecule has 3 heteroatoms. The second-order valence-corrected chi connectivity index (χ2v) is 6.42. The molecule has 0 bridgehead atoms. The molecular weight excluding hydrogens is 282 g/mol. The third-order valence-electron chi connectivity index (χ3n) is 4.35. The highest BCUT2D eigenvalue weighted by Crippen LogP contribution is 2.37. The largest absolute Gasteiger partial charge is 0.493 e. The van der Waals surface area contributed by atoms with E-state index >= 15 is 0 Å². The van der Waals surface area contributed by atoms with E-state index in [2.05, 4.69) is 18.3 Å². The van der Waals surface area contributed by atoms with Crippen LogP contribution in [-0.4, -0.2) is 13.7 Å². The lowest BCUT2D eigenvalue weighted by molar-refractivity contribution is 0.347. The fraction of sp³-hybridized carbons (Fsp3) is 0.667. The van der Waals surface area contributed by atoms with E-state index in [1.165, 1.54) is 49.7 Å². The van der Waals surface area contributed by atoms with Crippen LogP contribution in [0.15, 0.2) is 12.1 Å². The molecule has 0 amide bonds. The molecule has 2 rings (SSSR count). The molecule has 1 aromatic carbocycles. The maximum atomic E-state index is 6.26. The molecule has 0 radical (unpaired) electrons. The summed E-state index contributed by atoms with van der Waals surface area (Å²) in [5.41, 5.74) is 2.51. The van der Waals surface area contributed by atoms with Crippen molar-refractivity contribution < 1.29 is 4.74 Å². The van der Waals surface area contributed by atoms with Crippen molar-refractivity contribution in [1.29, 1.82) is 0 Å².